The van der Waals surface area contributed by atoms with E-state index in [1.165, 1.54) is 22.4 Å². The first-order valence-electron chi connectivity index (χ1n) is 10.3. The van der Waals surface area contributed by atoms with Crippen LogP contribution in [0.5, 0.6) is 0 Å². The third-order valence-electron chi connectivity index (χ3n) is 4.76. The average Bonchev–Trinajstić information content (AvgIpc) is 2.75. The highest BCUT2D eigenvalue weighted by Gasteiger charge is 2.24. The molecule has 3 aromatic rings. The minimum absolute atomic E-state index is 0.0854. The van der Waals surface area contributed by atoms with E-state index in [2.05, 4.69) is 17.2 Å². The summed E-state index contributed by atoms with van der Waals surface area (Å²) in [5.41, 5.74) is 0.305. The zero-order valence-electron chi connectivity index (χ0n) is 17.2. The number of nitrogens with zero attached hydrogens (tertiary/aromatic N) is 2. The van der Waals surface area contributed by atoms with Gasteiger partial charge in [-0.2, -0.15) is 0 Å². The van der Waals surface area contributed by atoms with Gasteiger partial charge in [0, 0.05) is 6.54 Å². The molecule has 1 aromatic heterocycles. The molecule has 1 unspecified atom stereocenters. The SMILES string of the molecule is CCCCNC(=O)C(CCC)Sc1nc2ccccc2c(=O)n1-c1ccccc1F. The second-order valence-corrected chi connectivity index (χ2v) is 8.21. The van der Waals surface area contributed by atoms with Crippen molar-refractivity contribution in [3.63, 3.8) is 0 Å². The van der Waals surface area contributed by atoms with Crippen LogP contribution in [0, 0.1) is 5.82 Å². The first kappa shape index (κ1) is 22.0. The molecule has 0 saturated heterocycles. The van der Waals surface area contributed by atoms with Crippen LogP contribution in [0.1, 0.15) is 39.5 Å². The van der Waals surface area contributed by atoms with Gasteiger partial charge in [-0.05, 0) is 37.1 Å². The Morgan fingerprint density at radius 1 is 1.13 bits per heavy atom. The lowest BCUT2D eigenvalue weighted by Gasteiger charge is -2.19. The average molecular weight is 428 g/mol. The third-order valence-corrected chi connectivity index (χ3v) is 5.98. The molecule has 2 aromatic carbocycles. The summed E-state index contributed by atoms with van der Waals surface area (Å²) in [6.07, 6.45) is 3.33. The lowest BCUT2D eigenvalue weighted by Crippen LogP contribution is -2.34. The molecule has 0 bridgehead atoms. The number of aromatic nitrogens is 2. The van der Waals surface area contributed by atoms with Gasteiger partial charge < -0.3 is 5.32 Å². The van der Waals surface area contributed by atoms with Crippen molar-refractivity contribution >= 4 is 28.6 Å². The van der Waals surface area contributed by atoms with Gasteiger partial charge in [0.2, 0.25) is 5.91 Å². The van der Waals surface area contributed by atoms with Crippen LogP contribution >= 0.6 is 11.8 Å². The number of hydrogen-bond donors (Lipinski definition) is 1. The predicted molar refractivity (Wildman–Crippen MR) is 120 cm³/mol. The largest absolute Gasteiger partial charge is 0.355 e. The zero-order chi connectivity index (χ0) is 21.5. The Bertz CT molecular complexity index is 1080. The molecule has 3 rings (SSSR count). The van der Waals surface area contributed by atoms with Gasteiger partial charge >= 0.3 is 0 Å². The lowest BCUT2D eigenvalue weighted by atomic mass is 10.2. The zero-order valence-corrected chi connectivity index (χ0v) is 18.0. The highest BCUT2D eigenvalue weighted by molar-refractivity contribution is 8.00. The van der Waals surface area contributed by atoms with E-state index < -0.39 is 11.1 Å². The van der Waals surface area contributed by atoms with E-state index in [4.69, 9.17) is 0 Å². The van der Waals surface area contributed by atoms with E-state index in [-0.39, 0.29) is 17.2 Å². The Hall–Kier alpha value is -2.67. The number of halogens is 1. The molecule has 0 fully saturated rings. The molecule has 0 aliphatic rings. The summed E-state index contributed by atoms with van der Waals surface area (Å²) in [6.45, 7) is 4.68. The van der Waals surface area contributed by atoms with Gasteiger partial charge in [-0.25, -0.2) is 9.37 Å². The van der Waals surface area contributed by atoms with Crippen LogP contribution < -0.4 is 10.9 Å². The number of carbonyl (C=O) groups excluding carboxylic acids is 1. The summed E-state index contributed by atoms with van der Waals surface area (Å²) in [6, 6.07) is 13.1. The standard InChI is InChI=1S/C23H26FN3O2S/c1-3-5-15-25-21(28)20(10-4-2)30-23-26-18-13-8-6-11-16(18)22(29)27(23)19-14-9-7-12-17(19)24/h6-9,11-14,20H,3-5,10,15H2,1-2H3,(H,25,28). The summed E-state index contributed by atoms with van der Waals surface area (Å²) >= 11 is 1.21. The van der Waals surface area contributed by atoms with Crippen LogP contribution in [0.2, 0.25) is 0 Å². The maximum atomic E-state index is 14.6. The second kappa shape index (κ2) is 10.4. The monoisotopic (exact) mass is 427 g/mol. The van der Waals surface area contributed by atoms with Gasteiger partial charge in [0.05, 0.1) is 21.8 Å². The fourth-order valence-corrected chi connectivity index (χ4v) is 4.41. The van der Waals surface area contributed by atoms with Crippen LogP contribution in [-0.2, 0) is 4.79 Å². The second-order valence-electron chi connectivity index (χ2n) is 7.04. The van der Waals surface area contributed by atoms with Crippen LogP contribution in [0.15, 0.2) is 58.5 Å². The van der Waals surface area contributed by atoms with Crippen LogP contribution in [0.4, 0.5) is 4.39 Å². The number of nitrogens with one attached hydrogen (secondary N) is 1. The van der Waals surface area contributed by atoms with Crippen LogP contribution in [0.3, 0.4) is 0 Å². The van der Waals surface area contributed by atoms with E-state index in [0.29, 0.717) is 29.0 Å². The van der Waals surface area contributed by atoms with E-state index in [9.17, 15) is 14.0 Å². The van der Waals surface area contributed by atoms with Crippen molar-refractivity contribution in [2.45, 2.75) is 49.9 Å². The molecule has 0 radical (unpaired) electrons. The van der Waals surface area contributed by atoms with Crippen LogP contribution in [-0.4, -0.2) is 27.3 Å². The van der Waals surface area contributed by atoms with Gasteiger partial charge in [-0.1, -0.05) is 62.7 Å². The highest BCUT2D eigenvalue weighted by Crippen LogP contribution is 2.28. The molecule has 1 heterocycles. The number of carbonyl (C=O) groups is 1. The first-order chi connectivity index (χ1) is 14.6. The molecular weight excluding hydrogens is 401 g/mol. The van der Waals surface area contributed by atoms with Crippen molar-refractivity contribution < 1.29 is 9.18 Å². The number of unbranched alkanes of at least 4 members (excludes halogenated alkanes) is 1. The Kier molecular flexibility index (Phi) is 7.63. The summed E-state index contributed by atoms with van der Waals surface area (Å²) in [5.74, 6) is -0.601. The summed E-state index contributed by atoms with van der Waals surface area (Å²) in [7, 11) is 0. The molecular formula is C23H26FN3O2S. The molecule has 1 atom stereocenters. The lowest BCUT2D eigenvalue weighted by molar-refractivity contribution is -0.120. The van der Waals surface area contributed by atoms with Crippen molar-refractivity contribution in [3.8, 4) is 5.69 Å². The van der Waals surface area contributed by atoms with Crippen LogP contribution in [0.25, 0.3) is 16.6 Å². The molecule has 1 amide bonds. The van der Waals surface area contributed by atoms with E-state index in [1.54, 1.807) is 42.5 Å². The van der Waals surface area contributed by atoms with E-state index in [0.717, 1.165) is 19.3 Å². The molecule has 30 heavy (non-hydrogen) atoms. The number of para-hydroxylation sites is 2. The normalized spacial score (nSPS) is 12.1. The summed E-state index contributed by atoms with van der Waals surface area (Å²) in [4.78, 5) is 30.7. The fourth-order valence-electron chi connectivity index (χ4n) is 3.17. The van der Waals surface area contributed by atoms with Crippen molar-refractivity contribution in [2.75, 3.05) is 6.54 Å². The van der Waals surface area contributed by atoms with Crippen molar-refractivity contribution in [3.05, 3.63) is 64.7 Å². The number of hydrogen-bond acceptors (Lipinski definition) is 4. The maximum absolute atomic E-state index is 14.6. The van der Waals surface area contributed by atoms with Gasteiger partial charge in [0.25, 0.3) is 5.56 Å². The quantitative estimate of drug-likeness (QED) is 0.305. The predicted octanol–water partition coefficient (Wildman–Crippen LogP) is 4.70. The Balaban J connectivity index is 2.09. The Morgan fingerprint density at radius 3 is 2.60 bits per heavy atom. The minimum atomic E-state index is -0.516. The van der Waals surface area contributed by atoms with Crippen molar-refractivity contribution in [1.82, 2.24) is 14.9 Å². The first-order valence-corrected chi connectivity index (χ1v) is 11.2. The van der Waals surface area contributed by atoms with Gasteiger partial charge in [-0.3, -0.25) is 14.2 Å². The molecule has 158 valence electrons. The highest BCUT2D eigenvalue weighted by atomic mass is 32.2. The molecule has 0 aliphatic carbocycles. The molecule has 0 spiro atoms. The number of benzene rings is 2. The molecule has 1 N–H and O–H groups in total. The molecule has 0 saturated carbocycles. The number of rotatable bonds is 9. The fraction of sp³-hybridized carbons (Fsp3) is 0.348. The summed E-state index contributed by atoms with van der Waals surface area (Å²) < 4.78 is 15.9. The van der Waals surface area contributed by atoms with Gasteiger partial charge in [-0.15, -0.1) is 0 Å². The molecule has 7 heteroatoms. The Morgan fingerprint density at radius 2 is 1.87 bits per heavy atom. The topological polar surface area (TPSA) is 64.0 Å². The molecule has 0 aliphatic heterocycles. The summed E-state index contributed by atoms with van der Waals surface area (Å²) in [5, 5.41) is 3.26. The van der Waals surface area contributed by atoms with Gasteiger partial charge in [0.15, 0.2) is 5.16 Å². The van der Waals surface area contributed by atoms with Crippen molar-refractivity contribution in [1.29, 1.82) is 0 Å². The van der Waals surface area contributed by atoms with Crippen molar-refractivity contribution in [2.24, 2.45) is 0 Å². The molecule has 5 nitrogen and oxygen atoms in total. The number of fused-ring (bicyclic) bond motifs is 1. The smallest absolute Gasteiger partial charge is 0.266 e. The maximum Gasteiger partial charge on any atom is 0.266 e. The minimum Gasteiger partial charge on any atom is -0.355 e. The van der Waals surface area contributed by atoms with E-state index >= 15 is 0 Å². The van der Waals surface area contributed by atoms with Gasteiger partial charge in [0.1, 0.15) is 5.82 Å². The third kappa shape index (κ3) is 4.90. The number of thioether (sulfide) groups is 1. The Labute approximate surface area is 179 Å². The number of amides is 1. The van der Waals surface area contributed by atoms with E-state index in [1.807, 2.05) is 6.92 Å².